The molecule has 0 aliphatic carbocycles. The monoisotopic (exact) mass is 494 g/mol. The van der Waals surface area contributed by atoms with Crippen LogP contribution < -0.4 is 5.32 Å². The molecule has 3 heterocycles. The molecule has 9 nitrogen and oxygen atoms in total. The molecular formula is C25H26N4O5S. The average molecular weight is 495 g/mol. The summed E-state index contributed by atoms with van der Waals surface area (Å²) in [5.74, 6) is -1.39. The van der Waals surface area contributed by atoms with E-state index in [1.807, 2.05) is 24.3 Å². The number of hydrogen-bond acceptors (Lipinski definition) is 8. The van der Waals surface area contributed by atoms with Gasteiger partial charge in [-0.2, -0.15) is 0 Å². The Kier molecular flexibility index (Phi) is 6.66. The van der Waals surface area contributed by atoms with Crippen LogP contribution >= 0.6 is 11.8 Å². The zero-order chi connectivity index (χ0) is 25.4. The van der Waals surface area contributed by atoms with Gasteiger partial charge in [0.05, 0.1) is 23.4 Å². The number of thioether (sulfide) groups is 1. The highest BCUT2D eigenvalue weighted by Gasteiger charge is 2.29. The van der Waals surface area contributed by atoms with E-state index in [0.29, 0.717) is 10.8 Å². The molecule has 0 spiro atoms. The number of nitrogens with zero attached hydrogens (tertiary/aromatic N) is 3. The van der Waals surface area contributed by atoms with Crippen molar-refractivity contribution in [3.8, 4) is 0 Å². The van der Waals surface area contributed by atoms with Gasteiger partial charge < -0.3 is 9.15 Å². The molecule has 1 N–H and O–H groups in total. The summed E-state index contributed by atoms with van der Waals surface area (Å²) in [7, 11) is 0. The number of anilines is 1. The van der Waals surface area contributed by atoms with E-state index in [1.54, 1.807) is 13.8 Å². The Morgan fingerprint density at radius 1 is 1.06 bits per heavy atom. The molecule has 0 saturated carbocycles. The zero-order valence-electron chi connectivity index (χ0n) is 20.4. The number of rotatable bonds is 7. The fraction of sp³-hybridized carbons (Fsp3) is 0.320. The van der Waals surface area contributed by atoms with Crippen molar-refractivity contribution in [2.24, 2.45) is 0 Å². The highest BCUT2D eigenvalue weighted by molar-refractivity contribution is 7.99. The normalized spacial score (nSPS) is 11.3. The van der Waals surface area contributed by atoms with Gasteiger partial charge in [-0.3, -0.25) is 19.3 Å². The van der Waals surface area contributed by atoms with Gasteiger partial charge in [-0.15, -0.1) is 10.2 Å². The van der Waals surface area contributed by atoms with E-state index in [9.17, 15) is 14.4 Å². The van der Waals surface area contributed by atoms with Crippen molar-refractivity contribution in [2.75, 3.05) is 17.7 Å². The molecule has 0 radical (unpaired) electrons. The van der Waals surface area contributed by atoms with E-state index in [4.69, 9.17) is 9.15 Å². The lowest BCUT2D eigenvalue weighted by atomic mass is 10.0. The van der Waals surface area contributed by atoms with Crippen molar-refractivity contribution in [1.82, 2.24) is 14.6 Å². The van der Waals surface area contributed by atoms with Crippen molar-refractivity contribution in [2.45, 2.75) is 46.7 Å². The van der Waals surface area contributed by atoms with Crippen LogP contribution in [0.1, 0.15) is 57.0 Å². The number of carbonyl (C=O) groups is 3. The van der Waals surface area contributed by atoms with Crippen molar-refractivity contribution in [1.29, 1.82) is 0 Å². The van der Waals surface area contributed by atoms with Crippen molar-refractivity contribution < 1.29 is 23.5 Å². The van der Waals surface area contributed by atoms with Crippen LogP contribution in [0, 0.1) is 27.7 Å². The van der Waals surface area contributed by atoms with Gasteiger partial charge >= 0.3 is 5.97 Å². The molecule has 10 heteroatoms. The van der Waals surface area contributed by atoms with Crippen LogP contribution in [0.5, 0.6) is 0 Å². The van der Waals surface area contributed by atoms with E-state index in [-0.39, 0.29) is 40.9 Å². The minimum Gasteiger partial charge on any atom is -0.462 e. The van der Waals surface area contributed by atoms with Crippen LogP contribution in [0.2, 0.25) is 0 Å². The molecule has 0 saturated heterocycles. The van der Waals surface area contributed by atoms with E-state index < -0.39 is 11.9 Å². The van der Waals surface area contributed by atoms with Gasteiger partial charge in [-0.05, 0) is 64.8 Å². The predicted octanol–water partition coefficient (Wildman–Crippen LogP) is 4.82. The number of aromatic nitrogens is 3. The second kappa shape index (κ2) is 9.53. The molecule has 0 atom stereocenters. The van der Waals surface area contributed by atoms with Crippen LogP contribution in [0.15, 0.2) is 27.8 Å². The number of Topliss-reactive ketones (excluding diaryl/α,β-unsaturated/α-hetero) is 1. The summed E-state index contributed by atoms with van der Waals surface area (Å²) in [4.78, 5) is 37.4. The molecule has 4 aromatic rings. The Hall–Kier alpha value is -3.66. The second-order valence-corrected chi connectivity index (χ2v) is 9.27. The van der Waals surface area contributed by atoms with Crippen LogP contribution in [-0.4, -0.2) is 44.6 Å². The van der Waals surface area contributed by atoms with Crippen LogP contribution in [-0.2, 0) is 9.53 Å². The summed E-state index contributed by atoms with van der Waals surface area (Å²) in [6.07, 6.45) is 0. The molecule has 35 heavy (non-hydrogen) atoms. The highest BCUT2D eigenvalue weighted by Crippen LogP contribution is 2.31. The summed E-state index contributed by atoms with van der Waals surface area (Å²) in [5.41, 5.74) is 5.06. The number of amides is 1. The first-order valence-corrected chi connectivity index (χ1v) is 12.1. The molecule has 3 aromatic heterocycles. The molecule has 182 valence electrons. The van der Waals surface area contributed by atoms with E-state index >= 15 is 0 Å². The summed E-state index contributed by atoms with van der Waals surface area (Å²) < 4.78 is 12.6. The number of fused-ring (bicyclic) bond motifs is 3. The molecule has 4 rings (SSSR count). The Balaban J connectivity index is 1.62. The maximum absolute atomic E-state index is 12.8. The van der Waals surface area contributed by atoms with Crippen LogP contribution in [0.4, 0.5) is 5.88 Å². The molecule has 1 aromatic carbocycles. The minimum atomic E-state index is -0.728. The number of nitrogens with one attached hydrogen (secondary N) is 1. The molecule has 0 bridgehead atoms. The average Bonchev–Trinajstić information content (AvgIpc) is 3.32. The maximum Gasteiger partial charge on any atom is 0.344 e. The lowest BCUT2D eigenvalue weighted by Gasteiger charge is -2.11. The van der Waals surface area contributed by atoms with E-state index in [2.05, 4.69) is 34.6 Å². The number of furan rings is 1. The van der Waals surface area contributed by atoms with Crippen LogP contribution in [0.25, 0.3) is 16.6 Å². The van der Waals surface area contributed by atoms with Gasteiger partial charge in [0.2, 0.25) is 11.8 Å². The number of aryl methyl sites for hydroxylation is 4. The summed E-state index contributed by atoms with van der Waals surface area (Å²) in [6, 6.07) is 6.20. The third-order valence-corrected chi connectivity index (χ3v) is 6.53. The highest BCUT2D eigenvalue weighted by atomic mass is 32.2. The topological polar surface area (TPSA) is 116 Å². The largest absolute Gasteiger partial charge is 0.462 e. The summed E-state index contributed by atoms with van der Waals surface area (Å²) in [6.45, 7) is 10.8. The van der Waals surface area contributed by atoms with Gasteiger partial charge in [-0.1, -0.05) is 23.4 Å². The smallest absolute Gasteiger partial charge is 0.344 e. The lowest BCUT2D eigenvalue weighted by molar-refractivity contribution is -0.113. The standard InChI is InChI=1S/C25H26N4O5S/c1-7-33-24(32)21-20(15(5)30)16(6)34-23(21)26-19(31)11-35-25-28-27-18-10-13(3)17-9-12(2)8-14(4)22(17)29(18)25/h8-10H,7,11H2,1-6H3,(H,26,31). The zero-order valence-corrected chi connectivity index (χ0v) is 21.3. The van der Waals surface area contributed by atoms with Gasteiger partial charge in [0.15, 0.2) is 16.6 Å². The van der Waals surface area contributed by atoms with E-state index in [0.717, 1.165) is 27.6 Å². The first-order chi connectivity index (χ1) is 16.6. The van der Waals surface area contributed by atoms with Gasteiger partial charge in [0.25, 0.3) is 0 Å². The predicted molar refractivity (Wildman–Crippen MR) is 133 cm³/mol. The quantitative estimate of drug-likeness (QED) is 0.221. The number of ether oxygens (including phenoxy) is 1. The Bertz CT molecular complexity index is 1500. The van der Waals surface area contributed by atoms with Gasteiger partial charge in [0.1, 0.15) is 11.3 Å². The number of benzene rings is 1. The minimum absolute atomic E-state index is 0.0154. The number of pyridine rings is 1. The molecule has 0 aliphatic rings. The fourth-order valence-corrected chi connectivity index (χ4v) is 5.00. The Morgan fingerprint density at radius 2 is 1.80 bits per heavy atom. The van der Waals surface area contributed by atoms with Crippen molar-refractivity contribution >= 4 is 51.9 Å². The molecule has 0 unspecified atom stereocenters. The van der Waals surface area contributed by atoms with Crippen molar-refractivity contribution in [3.63, 3.8) is 0 Å². The van der Waals surface area contributed by atoms with Crippen LogP contribution in [0.3, 0.4) is 0 Å². The first-order valence-electron chi connectivity index (χ1n) is 11.1. The van der Waals surface area contributed by atoms with Crippen molar-refractivity contribution in [3.05, 3.63) is 51.8 Å². The molecule has 0 fully saturated rings. The number of hydrogen-bond donors (Lipinski definition) is 1. The SMILES string of the molecule is CCOC(=O)c1c(NC(=O)CSc2nnc3cc(C)c4cc(C)cc(C)c4n23)oc(C)c1C(C)=O. The molecule has 1 amide bonds. The Labute approximate surface area is 206 Å². The lowest BCUT2D eigenvalue weighted by Crippen LogP contribution is -2.17. The van der Waals surface area contributed by atoms with E-state index in [1.165, 1.54) is 18.7 Å². The number of carbonyl (C=O) groups excluding carboxylic acids is 3. The number of esters is 1. The van der Waals surface area contributed by atoms with Gasteiger partial charge in [0, 0.05) is 5.39 Å². The third kappa shape index (κ3) is 4.53. The fourth-order valence-electron chi connectivity index (χ4n) is 4.25. The summed E-state index contributed by atoms with van der Waals surface area (Å²) >= 11 is 1.21. The second-order valence-electron chi connectivity index (χ2n) is 8.33. The maximum atomic E-state index is 12.8. The molecule has 0 aliphatic heterocycles. The third-order valence-electron chi connectivity index (χ3n) is 5.60. The summed E-state index contributed by atoms with van der Waals surface area (Å²) in [5, 5.41) is 12.9. The molecular weight excluding hydrogens is 468 g/mol. The van der Waals surface area contributed by atoms with Gasteiger partial charge in [-0.25, -0.2) is 4.79 Å². The Morgan fingerprint density at radius 3 is 2.49 bits per heavy atom. The first kappa shape index (κ1) is 24.5. The number of ketones is 1.